The normalized spacial score (nSPS) is 21.1. The number of aliphatic hydroxyl groups is 1. The Balaban J connectivity index is 2.43. The van der Waals surface area contributed by atoms with Crippen LogP contribution in [0.15, 0.2) is 23.1 Å². The molecule has 1 aromatic rings. The van der Waals surface area contributed by atoms with Crippen LogP contribution in [0.25, 0.3) is 0 Å². The minimum absolute atomic E-state index is 0.103. The Labute approximate surface area is 121 Å². The average molecular weight is 297 g/mol. The number of piperidine rings is 1. The SMILES string of the molecule is CCC1CCCCN1S(=O)(=O)c1cc(CO)ccc1C. The maximum Gasteiger partial charge on any atom is 0.243 e. The van der Waals surface area contributed by atoms with Crippen LogP contribution in [-0.4, -0.2) is 30.4 Å². The summed E-state index contributed by atoms with van der Waals surface area (Å²) in [6.07, 6.45) is 3.81. The van der Waals surface area contributed by atoms with Crippen molar-refractivity contribution in [2.45, 2.75) is 57.1 Å². The molecule has 1 aliphatic heterocycles. The summed E-state index contributed by atoms with van der Waals surface area (Å²) < 4.78 is 27.4. The summed E-state index contributed by atoms with van der Waals surface area (Å²) in [6, 6.07) is 5.24. The van der Waals surface area contributed by atoms with Gasteiger partial charge >= 0.3 is 0 Å². The molecule has 1 N–H and O–H groups in total. The van der Waals surface area contributed by atoms with Crippen LogP contribution < -0.4 is 0 Å². The Morgan fingerprint density at radius 3 is 2.75 bits per heavy atom. The summed E-state index contributed by atoms with van der Waals surface area (Å²) in [7, 11) is -3.46. The molecule has 2 rings (SSSR count). The van der Waals surface area contributed by atoms with E-state index in [1.807, 2.05) is 6.92 Å². The maximum atomic E-state index is 12.9. The molecule has 0 aromatic heterocycles. The molecule has 1 atom stereocenters. The first-order valence-corrected chi connectivity index (χ1v) is 8.67. The maximum absolute atomic E-state index is 12.9. The van der Waals surface area contributed by atoms with Crippen molar-refractivity contribution < 1.29 is 13.5 Å². The molecule has 4 nitrogen and oxygen atoms in total. The van der Waals surface area contributed by atoms with Crippen molar-refractivity contribution in [3.63, 3.8) is 0 Å². The first-order chi connectivity index (χ1) is 9.50. The van der Waals surface area contributed by atoms with Crippen LogP contribution in [0.3, 0.4) is 0 Å². The average Bonchev–Trinajstić information content (AvgIpc) is 2.47. The van der Waals surface area contributed by atoms with Crippen molar-refractivity contribution in [1.82, 2.24) is 4.31 Å². The summed E-state index contributed by atoms with van der Waals surface area (Å²) in [5.74, 6) is 0. The van der Waals surface area contributed by atoms with Crippen molar-refractivity contribution in [2.24, 2.45) is 0 Å². The predicted octanol–water partition coefficient (Wildman–Crippen LogP) is 2.44. The molecule has 0 amide bonds. The summed E-state index contributed by atoms with van der Waals surface area (Å²) in [4.78, 5) is 0.337. The van der Waals surface area contributed by atoms with Gasteiger partial charge in [0.15, 0.2) is 0 Å². The lowest BCUT2D eigenvalue weighted by molar-refractivity contribution is 0.246. The fourth-order valence-corrected chi connectivity index (χ4v) is 4.89. The van der Waals surface area contributed by atoms with Gasteiger partial charge in [0, 0.05) is 12.6 Å². The number of aliphatic hydroxyl groups excluding tert-OH is 1. The Morgan fingerprint density at radius 1 is 1.35 bits per heavy atom. The lowest BCUT2D eigenvalue weighted by Crippen LogP contribution is -2.43. The Kier molecular flexibility index (Phi) is 4.83. The van der Waals surface area contributed by atoms with Gasteiger partial charge in [-0.3, -0.25) is 0 Å². The minimum Gasteiger partial charge on any atom is -0.392 e. The second-order valence-electron chi connectivity index (χ2n) is 5.43. The molecule has 1 heterocycles. The molecule has 0 bridgehead atoms. The lowest BCUT2D eigenvalue weighted by atomic mass is 10.0. The molecule has 0 saturated carbocycles. The minimum atomic E-state index is -3.46. The molecule has 20 heavy (non-hydrogen) atoms. The van der Waals surface area contributed by atoms with E-state index in [1.165, 1.54) is 0 Å². The molecule has 1 fully saturated rings. The van der Waals surface area contributed by atoms with E-state index >= 15 is 0 Å². The highest BCUT2D eigenvalue weighted by Crippen LogP contribution is 2.29. The zero-order valence-electron chi connectivity index (χ0n) is 12.2. The number of sulfonamides is 1. The molecule has 1 unspecified atom stereocenters. The number of hydrogen-bond acceptors (Lipinski definition) is 3. The van der Waals surface area contributed by atoms with Crippen LogP contribution in [0.4, 0.5) is 0 Å². The van der Waals surface area contributed by atoms with Crippen molar-refractivity contribution in [1.29, 1.82) is 0 Å². The standard InChI is InChI=1S/C15H23NO3S/c1-3-14-6-4-5-9-16(14)20(18,19)15-10-13(11-17)8-7-12(15)2/h7-8,10,14,17H,3-6,9,11H2,1-2H3. The third kappa shape index (κ3) is 2.90. The van der Waals surface area contributed by atoms with Gasteiger partial charge in [-0.1, -0.05) is 25.5 Å². The Morgan fingerprint density at radius 2 is 2.10 bits per heavy atom. The summed E-state index contributed by atoms with van der Waals surface area (Å²) in [5, 5.41) is 9.22. The van der Waals surface area contributed by atoms with Crippen molar-refractivity contribution >= 4 is 10.0 Å². The van der Waals surface area contributed by atoms with Crippen LogP contribution >= 0.6 is 0 Å². The first-order valence-electron chi connectivity index (χ1n) is 7.23. The molecule has 0 spiro atoms. The van der Waals surface area contributed by atoms with Gasteiger partial charge in [0.1, 0.15) is 0 Å². The number of rotatable bonds is 4. The number of benzene rings is 1. The smallest absolute Gasteiger partial charge is 0.243 e. The third-order valence-corrected chi connectivity index (χ3v) is 6.16. The highest BCUT2D eigenvalue weighted by Gasteiger charge is 2.33. The topological polar surface area (TPSA) is 57.6 Å². The first kappa shape index (κ1) is 15.5. The van der Waals surface area contributed by atoms with Gasteiger partial charge in [0.05, 0.1) is 11.5 Å². The van der Waals surface area contributed by atoms with Crippen LogP contribution in [0.2, 0.25) is 0 Å². The van der Waals surface area contributed by atoms with E-state index in [1.54, 1.807) is 29.4 Å². The molecule has 5 heteroatoms. The van der Waals surface area contributed by atoms with Gasteiger partial charge in [-0.25, -0.2) is 8.42 Å². The van der Waals surface area contributed by atoms with E-state index in [0.29, 0.717) is 17.0 Å². The zero-order chi connectivity index (χ0) is 14.8. The van der Waals surface area contributed by atoms with E-state index in [9.17, 15) is 13.5 Å². The Hall–Kier alpha value is -0.910. The second-order valence-corrected chi connectivity index (χ2v) is 7.29. The van der Waals surface area contributed by atoms with E-state index in [0.717, 1.165) is 31.2 Å². The Bertz CT molecular complexity index is 568. The number of nitrogens with zero attached hydrogens (tertiary/aromatic N) is 1. The number of hydrogen-bond donors (Lipinski definition) is 1. The van der Waals surface area contributed by atoms with Gasteiger partial charge in [0.2, 0.25) is 10.0 Å². The van der Waals surface area contributed by atoms with Crippen LogP contribution in [-0.2, 0) is 16.6 Å². The largest absolute Gasteiger partial charge is 0.392 e. The van der Waals surface area contributed by atoms with Crippen molar-refractivity contribution in [3.8, 4) is 0 Å². The monoisotopic (exact) mass is 297 g/mol. The quantitative estimate of drug-likeness (QED) is 0.928. The van der Waals surface area contributed by atoms with E-state index < -0.39 is 10.0 Å². The summed E-state index contributed by atoms with van der Waals surface area (Å²) in [6.45, 7) is 4.30. The highest BCUT2D eigenvalue weighted by atomic mass is 32.2. The second kappa shape index (κ2) is 6.24. The summed E-state index contributed by atoms with van der Waals surface area (Å²) in [5.41, 5.74) is 1.38. The van der Waals surface area contributed by atoms with Gasteiger partial charge < -0.3 is 5.11 Å². The van der Waals surface area contributed by atoms with Crippen LogP contribution in [0, 0.1) is 6.92 Å². The molecular formula is C15H23NO3S. The fourth-order valence-electron chi connectivity index (χ4n) is 2.85. The van der Waals surface area contributed by atoms with Crippen molar-refractivity contribution in [3.05, 3.63) is 29.3 Å². The van der Waals surface area contributed by atoms with Gasteiger partial charge in [-0.05, 0) is 43.4 Å². The molecular weight excluding hydrogens is 274 g/mol. The predicted molar refractivity (Wildman–Crippen MR) is 78.9 cm³/mol. The lowest BCUT2D eigenvalue weighted by Gasteiger charge is -2.34. The van der Waals surface area contributed by atoms with E-state index in [2.05, 4.69) is 0 Å². The van der Waals surface area contributed by atoms with E-state index in [-0.39, 0.29) is 12.6 Å². The molecule has 1 aliphatic rings. The molecule has 0 radical (unpaired) electrons. The highest BCUT2D eigenvalue weighted by molar-refractivity contribution is 7.89. The van der Waals surface area contributed by atoms with Crippen molar-refractivity contribution in [2.75, 3.05) is 6.54 Å². The van der Waals surface area contributed by atoms with Crippen LogP contribution in [0.1, 0.15) is 43.7 Å². The third-order valence-electron chi connectivity index (χ3n) is 4.07. The van der Waals surface area contributed by atoms with Gasteiger partial charge in [0.25, 0.3) is 0 Å². The number of aryl methyl sites for hydroxylation is 1. The molecule has 112 valence electrons. The zero-order valence-corrected chi connectivity index (χ0v) is 13.0. The molecule has 0 aliphatic carbocycles. The van der Waals surface area contributed by atoms with Gasteiger partial charge in [-0.15, -0.1) is 0 Å². The van der Waals surface area contributed by atoms with E-state index in [4.69, 9.17) is 0 Å². The fraction of sp³-hybridized carbons (Fsp3) is 0.600. The molecule has 1 aromatic carbocycles. The van der Waals surface area contributed by atoms with Crippen LogP contribution in [0.5, 0.6) is 0 Å². The van der Waals surface area contributed by atoms with Gasteiger partial charge in [-0.2, -0.15) is 4.31 Å². The molecule has 1 saturated heterocycles. The summed E-state index contributed by atoms with van der Waals surface area (Å²) >= 11 is 0.